The van der Waals surface area contributed by atoms with Crippen LogP contribution in [0, 0.1) is 0 Å². The number of phenolic OH excluding ortho intramolecular Hbond substituents is 1. The minimum Gasteiger partial charge on any atom is -0.508 e. The van der Waals surface area contributed by atoms with Gasteiger partial charge in [0.25, 0.3) is 0 Å². The van der Waals surface area contributed by atoms with E-state index in [1.54, 1.807) is 0 Å². The summed E-state index contributed by atoms with van der Waals surface area (Å²) >= 11 is 0. The van der Waals surface area contributed by atoms with E-state index in [2.05, 4.69) is 0 Å². The molecule has 1 aliphatic carbocycles. The van der Waals surface area contributed by atoms with Gasteiger partial charge in [0, 0.05) is 17.5 Å². The second kappa shape index (κ2) is 1.91. The minimum atomic E-state index is -1.22. The van der Waals surface area contributed by atoms with Crippen molar-refractivity contribution in [3.8, 4) is 11.5 Å². The number of phenols is 2. The molecule has 0 unspecified atom stereocenters. The molecule has 1 aliphatic rings. The number of hydrogen-bond donors (Lipinski definition) is 3. The van der Waals surface area contributed by atoms with Crippen LogP contribution in [-0.4, -0.2) is 21.3 Å². The monoisotopic (exact) mass is 166 g/mol. The van der Waals surface area contributed by atoms with Crippen LogP contribution in [0.5, 0.6) is 11.5 Å². The molecule has 0 saturated heterocycles. The Morgan fingerprint density at radius 2 is 2.00 bits per heavy atom. The van der Waals surface area contributed by atoms with Gasteiger partial charge in [0.05, 0.1) is 0 Å². The molecule has 1 aromatic rings. The maximum atomic E-state index is 10.5. The summed E-state index contributed by atoms with van der Waals surface area (Å²) in [5.74, 6) is -1.48. The molecule has 1 aromatic carbocycles. The first-order valence-electron chi connectivity index (χ1n) is 3.41. The Balaban J connectivity index is 2.65. The molecule has 0 radical (unpaired) electrons. The predicted octanol–water partition coefficient (Wildman–Crippen LogP) is 0.700. The van der Waals surface area contributed by atoms with Gasteiger partial charge in [0.1, 0.15) is 17.1 Å². The number of aromatic carboxylic acids is 1. The van der Waals surface area contributed by atoms with Gasteiger partial charge in [-0.15, -0.1) is 0 Å². The average Bonchev–Trinajstić information content (AvgIpc) is 2.74. The number of carbonyl (C=O) groups is 1. The molecule has 4 heteroatoms. The summed E-state index contributed by atoms with van der Waals surface area (Å²) in [6, 6.07) is 1.07. The lowest BCUT2D eigenvalue weighted by molar-refractivity contribution is 0.0693. The van der Waals surface area contributed by atoms with Gasteiger partial charge in [0.2, 0.25) is 0 Å². The molecule has 0 aliphatic heterocycles. The summed E-state index contributed by atoms with van der Waals surface area (Å²) in [6.45, 7) is 0. The minimum absolute atomic E-state index is 0.0415. The van der Waals surface area contributed by atoms with E-state index in [1.807, 2.05) is 0 Å². The van der Waals surface area contributed by atoms with Crippen LogP contribution in [0.4, 0.5) is 0 Å². The molecule has 12 heavy (non-hydrogen) atoms. The normalized spacial score (nSPS) is 12.3. The first kappa shape index (κ1) is 6.97. The molecular formula is C8H6O4. The van der Waals surface area contributed by atoms with E-state index >= 15 is 0 Å². The standard InChI is InChI=1S/C8H6O4/c9-6-2-5(8(11)12)7(10)4-1-3(4)6/h2,9-10H,1H2,(H,11,12). The Morgan fingerprint density at radius 3 is 2.58 bits per heavy atom. The van der Waals surface area contributed by atoms with Crippen LogP contribution in [0.25, 0.3) is 0 Å². The number of fused-ring (bicyclic) bond motifs is 1. The van der Waals surface area contributed by atoms with Gasteiger partial charge in [-0.2, -0.15) is 0 Å². The van der Waals surface area contributed by atoms with E-state index in [4.69, 9.17) is 10.2 Å². The first-order chi connectivity index (χ1) is 5.61. The van der Waals surface area contributed by atoms with Crippen LogP contribution >= 0.6 is 0 Å². The number of carboxylic acid groups (broad SMARTS) is 1. The van der Waals surface area contributed by atoms with Crippen molar-refractivity contribution in [2.45, 2.75) is 6.42 Å². The SMILES string of the molecule is O=C(O)c1cc(O)c2c(c1O)C2. The van der Waals surface area contributed by atoms with Gasteiger partial charge in [0.15, 0.2) is 0 Å². The summed E-state index contributed by atoms with van der Waals surface area (Å²) in [5, 5.41) is 27.0. The molecule has 0 heterocycles. The van der Waals surface area contributed by atoms with E-state index in [-0.39, 0.29) is 17.1 Å². The molecule has 3 N–H and O–H groups in total. The highest BCUT2D eigenvalue weighted by Crippen LogP contribution is 2.44. The van der Waals surface area contributed by atoms with Crippen molar-refractivity contribution in [1.82, 2.24) is 0 Å². The molecule has 0 saturated carbocycles. The van der Waals surface area contributed by atoms with Crippen LogP contribution in [-0.2, 0) is 6.42 Å². The van der Waals surface area contributed by atoms with E-state index in [0.29, 0.717) is 17.5 Å². The summed E-state index contributed by atoms with van der Waals surface area (Å²) in [5.41, 5.74) is 0.966. The Hall–Kier alpha value is -1.71. The van der Waals surface area contributed by atoms with Gasteiger partial charge >= 0.3 is 5.97 Å². The van der Waals surface area contributed by atoms with Gasteiger partial charge in [-0.05, 0) is 6.07 Å². The lowest BCUT2D eigenvalue weighted by Gasteiger charge is -1.97. The second-order valence-corrected chi connectivity index (χ2v) is 2.73. The maximum Gasteiger partial charge on any atom is 0.339 e. The molecule has 0 aromatic heterocycles. The number of aromatic hydroxyl groups is 2. The summed E-state index contributed by atoms with van der Waals surface area (Å²) in [7, 11) is 0. The van der Waals surface area contributed by atoms with Crippen LogP contribution in [0.15, 0.2) is 6.07 Å². The van der Waals surface area contributed by atoms with Crippen LogP contribution in [0.3, 0.4) is 0 Å². The van der Waals surface area contributed by atoms with Crippen LogP contribution in [0.1, 0.15) is 21.5 Å². The molecule has 0 amide bonds. The quantitative estimate of drug-likeness (QED) is 0.545. The van der Waals surface area contributed by atoms with E-state index < -0.39 is 5.97 Å². The van der Waals surface area contributed by atoms with Crippen LogP contribution in [0.2, 0.25) is 0 Å². The Labute approximate surface area is 67.7 Å². The third kappa shape index (κ3) is 0.747. The van der Waals surface area contributed by atoms with Crippen molar-refractivity contribution >= 4 is 5.97 Å². The smallest absolute Gasteiger partial charge is 0.339 e. The first-order valence-corrected chi connectivity index (χ1v) is 3.41. The molecule has 0 atom stereocenters. The van der Waals surface area contributed by atoms with Crippen molar-refractivity contribution < 1.29 is 20.1 Å². The largest absolute Gasteiger partial charge is 0.508 e. The fourth-order valence-corrected chi connectivity index (χ4v) is 1.22. The fourth-order valence-electron chi connectivity index (χ4n) is 1.22. The van der Waals surface area contributed by atoms with Crippen molar-refractivity contribution in [2.75, 3.05) is 0 Å². The highest BCUT2D eigenvalue weighted by atomic mass is 16.4. The maximum absolute atomic E-state index is 10.5. The predicted molar refractivity (Wildman–Crippen MR) is 39.5 cm³/mol. The Morgan fingerprint density at radius 1 is 1.33 bits per heavy atom. The molecular weight excluding hydrogens is 160 g/mol. The molecule has 0 spiro atoms. The number of carboxylic acids is 1. The van der Waals surface area contributed by atoms with Crippen molar-refractivity contribution in [3.63, 3.8) is 0 Å². The third-order valence-electron chi connectivity index (χ3n) is 1.95. The Kier molecular flexibility index (Phi) is 1.11. The van der Waals surface area contributed by atoms with Crippen molar-refractivity contribution in [2.24, 2.45) is 0 Å². The molecule has 4 nitrogen and oxygen atoms in total. The van der Waals surface area contributed by atoms with E-state index in [1.165, 1.54) is 0 Å². The third-order valence-corrected chi connectivity index (χ3v) is 1.95. The number of benzene rings is 1. The van der Waals surface area contributed by atoms with E-state index in [9.17, 15) is 9.90 Å². The lowest BCUT2D eigenvalue weighted by atomic mass is 10.2. The zero-order chi connectivity index (χ0) is 8.88. The Bertz CT molecular complexity index is 381. The molecule has 2 rings (SSSR count). The van der Waals surface area contributed by atoms with Gasteiger partial charge in [-0.3, -0.25) is 0 Å². The van der Waals surface area contributed by atoms with Crippen LogP contribution < -0.4 is 0 Å². The number of hydrogen-bond acceptors (Lipinski definition) is 3. The summed E-state index contributed by atoms with van der Waals surface area (Å²) in [6.07, 6.45) is 0.491. The zero-order valence-corrected chi connectivity index (χ0v) is 6.03. The average molecular weight is 166 g/mol. The second-order valence-electron chi connectivity index (χ2n) is 2.73. The van der Waals surface area contributed by atoms with E-state index in [0.717, 1.165) is 6.07 Å². The molecule has 0 bridgehead atoms. The van der Waals surface area contributed by atoms with Crippen molar-refractivity contribution in [1.29, 1.82) is 0 Å². The van der Waals surface area contributed by atoms with Gasteiger partial charge in [-0.1, -0.05) is 0 Å². The van der Waals surface area contributed by atoms with Gasteiger partial charge in [-0.25, -0.2) is 4.79 Å². The highest BCUT2D eigenvalue weighted by Gasteiger charge is 2.30. The molecule has 62 valence electrons. The topological polar surface area (TPSA) is 77.8 Å². The van der Waals surface area contributed by atoms with Gasteiger partial charge < -0.3 is 15.3 Å². The molecule has 0 fully saturated rings. The fraction of sp³-hybridized carbons (Fsp3) is 0.125. The number of rotatable bonds is 1. The zero-order valence-electron chi connectivity index (χ0n) is 6.03. The van der Waals surface area contributed by atoms with Crippen molar-refractivity contribution in [3.05, 3.63) is 22.8 Å². The summed E-state index contributed by atoms with van der Waals surface area (Å²) < 4.78 is 0. The lowest BCUT2D eigenvalue weighted by Crippen LogP contribution is -1.95. The summed E-state index contributed by atoms with van der Waals surface area (Å²) in [4.78, 5) is 10.5. The highest BCUT2D eigenvalue weighted by molar-refractivity contribution is 5.93.